The Bertz CT molecular complexity index is 168. The molecule has 0 aliphatic carbocycles. The summed E-state index contributed by atoms with van der Waals surface area (Å²) in [5.74, 6) is 0. The summed E-state index contributed by atoms with van der Waals surface area (Å²) in [6, 6.07) is 0. The molecule has 2 heterocycles. The Morgan fingerprint density at radius 3 is 2.85 bits per heavy atom. The molecular weight excluding hydrogens is 164 g/mol. The van der Waals surface area contributed by atoms with E-state index in [1.807, 2.05) is 0 Å². The van der Waals surface area contributed by atoms with Crippen LogP contribution in [0.2, 0.25) is 0 Å². The topological polar surface area (TPSA) is 24.5 Å². The van der Waals surface area contributed by atoms with E-state index in [1.165, 1.54) is 32.6 Å². The molecule has 0 radical (unpaired) electrons. The van der Waals surface area contributed by atoms with Gasteiger partial charge in [-0.3, -0.25) is 0 Å². The van der Waals surface area contributed by atoms with Gasteiger partial charge in [0.05, 0.1) is 6.61 Å². The summed E-state index contributed by atoms with van der Waals surface area (Å²) in [6.45, 7) is 9.95. The quantitative estimate of drug-likeness (QED) is 0.637. The van der Waals surface area contributed by atoms with E-state index in [4.69, 9.17) is 4.74 Å². The van der Waals surface area contributed by atoms with E-state index < -0.39 is 0 Å². The van der Waals surface area contributed by atoms with Crippen molar-refractivity contribution in [3.8, 4) is 0 Å². The van der Waals surface area contributed by atoms with Crippen LogP contribution in [0.15, 0.2) is 0 Å². The molecule has 2 fully saturated rings. The molecular formula is C10H20N2O. The van der Waals surface area contributed by atoms with Crippen molar-refractivity contribution in [3.63, 3.8) is 0 Å². The van der Waals surface area contributed by atoms with Gasteiger partial charge in [-0.05, 0) is 19.9 Å². The molecule has 2 rings (SSSR count). The monoisotopic (exact) mass is 184 g/mol. The average Bonchev–Trinajstić information content (AvgIpc) is 2.49. The van der Waals surface area contributed by atoms with Gasteiger partial charge in [0.1, 0.15) is 0 Å². The van der Waals surface area contributed by atoms with Gasteiger partial charge >= 0.3 is 0 Å². The highest BCUT2D eigenvalue weighted by Gasteiger charge is 2.42. The highest BCUT2D eigenvalue weighted by Crippen LogP contribution is 2.33. The summed E-state index contributed by atoms with van der Waals surface area (Å²) in [5, 5.41) is 3.37. The number of hydrogen-bond donors (Lipinski definition) is 1. The highest BCUT2D eigenvalue weighted by atomic mass is 16.5. The molecule has 0 saturated carbocycles. The Labute approximate surface area is 80.4 Å². The Morgan fingerprint density at radius 2 is 2.31 bits per heavy atom. The molecule has 13 heavy (non-hydrogen) atoms. The lowest BCUT2D eigenvalue weighted by Gasteiger charge is -2.39. The van der Waals surface area contributed by atoms with E-state index in [0.717, 1.165) is 19.8 Å². The lowest BCUT2D eigenvalue weighted by molar-refractivity contribution is 0.109. The van der Waals surface area contributed by atoms with Crippen LogP contribution in [-0.2, 0) is 4.74 Å². The lowest BCUT2D eigenvalue weighted by atomic mass is 9.81. The second-order valence-corrected chi connectivity index (χ2v) is 4.33. The van der Waals surface area contributed by atoms with Crippen LogP contribution in [0.5, 0.6) is 0 Å². The first-order chi connectivity index (χ1) is 6.35. The predicted molar refractivity (Wildman–Crippen MR) is 52.9 cm³/mol. The van der Waals surface area contributed by atoms with Crippen LogP contribution >= 0.6 is 0 Å². The number of nitrogens with zero attached hydrogens (tertiary/aromatic N) is 1. The Hall–Kier alpha value is -0.120. The van der Waals surface area contributed by atoms with Crippen molar-refractivity contribution in [1.29, 1.82) is 0 Å². The second-order valence-electron chi connectivity index (χ2n) is 4.33. The maximum Gasteiger partial charge on any atom is 0.0593 e. The van der Waals surface area contributed by atoms with Gasteiger partial charge < -0.3 is 15.0 Å². The Balaban J connectivity index is 1.66. The zero-order valence-electron chi connectivity index (χ0n) is 8.51. The largest absolute Gasteiger partial charge is 0.380 e. The fraction of sp³-hybridized carbons (Fsp3) is 1.00. The first kappa shape index (κ1) is 9.44. The van der Waals surface area contributed by atoms with E-state index in [0.29, 0.717) is 5.41 Å². The summed E-state index contributed by atoms with van der Waals surface area (Å²) < 4.78 is 5.36. The van der Waals surface area contributed by atoms with Gasteiger partial charge in [-0.15, -0.1) is 0 Å². The van der Waals surface area contributed by atoms with Crippen LogP contribution in [0.1, 0.15) is 13.3 Å². The molecule has 0 aromatic heterocycles. The molecule has 0 aromatic rings. The average molecular weight is 184 g/mol. The molecule has 2 aliphatic rings. The van der Waals surface area contributed by atoms with Crippen molar-refractivity contribution in [2.75, 3.05) is 45.9 Å². The van der Waals surface area contributed by atoms with E-state index >= 15 is 0 Å². The number of hydrogen-bond acceptors (Lipinski definition) is 3. The van der Waals surface area contributed by atoms with Crippen LogP contribution in [-0.4, -0.2) is 50.8 Å². The molecule has 3 nitrogen and oxygen atoms in total. The van der Waals surface area contributed by atoms with E-state index in [-0.39, 0.29) is 0 Å². The summed E-state index contributed by atoms with van der Waals surface area (Å²) in [4.78, 5) is 2.54. The smallest absolute Gasteiger partial charge is 0.0593 e. The molecule has 0 atom stereocenters. The first-order valence-electron chi connectivity index (χ1n) is 5.35. The van der Waals surface area contributed by atoms with Gasteiger partial charge in [0, 0.05) is 38.2 Å². The molecule has 2 saturated heterocycles. The van der Waals surface area contributed by atoms with Crippen LogP contribution in [0.3, 0.4) is 0 Å². The molecule has 76 valence electrons. The number of rotatable bonds is 4. The summed E-state index contributed by atoms with van der Waals surface area (Å²) in [5.41, 5.74) is 0.645. The van der Waals surface area contributed by atoms with Crippen LogP contribution in [0.4, 0.5) is 0 Å². The maximum atomic E-state index is 5.36. The molecule has 1 N–H and O–H groups in total. The molecule has 3 heteroatoms. The second kappa shape index (κ2) is 3.95. The number of likely N-dealkylation sites (tertiary alicyclic amines) is 1. The number of nitrogens with one attached hydrogen (secondary N) is 1. The SMILES string of the molecule is CCOCCN1CCC2(CNC2)C1. The van der Waals surface area contributed by atoms with Gasteiger partial charge in [-0.25, -0.2) is 0 Å². The molecule has 2 aliphatic heterocycles. The first-order valence-corrected chi connectivity index (χ1v) is 5.35. The van der Waals surface area contributed by atoms with E-state index in [9.17, 15) is 0 Å². The third kappa shape index (κ3) is 2.03. The lowest BCUT2D eigenvalue weighted by Crippen LogP contribution is -2.54. The van der Waals surface area contributed by atoms with Crippen molar-refractivity contribution >= 4 is 0 Å². The van der Waals surface area contributed by atoms with Gasteiger partial charge in [-0.2, -0.15) is 0 Å². The highest BCUT2D eigenvalue weighted by molar-refractivity contribution is 4.99. The molecule has 0 aromatic carbocycles. The third-order valence-corrected chi connectivity index (χ3v) is 3.27. The standard InChI is InChI=1S/C10H20N2O/c1-2-13-6-5-12-4-3-10(9-12)7-11-8-10/h11H,2-9H2,1H3. The van der Waals surface area contributed by atoms with Crippen LogP contribution in [0, 0.1) is 5.41 Å². The predicted octanol–water partition coefficient (Wildman–Crippen LogP) is 0.318. The zero-order valence-corrected chi connectivity index (χ0v) is 8.51. The Kier molecular flexibility index (Phi) is 2.86. The van der Waals surface area contributed by atoms with Crippen molar-refractivity contribution in [2.24, 2.45) is 5.41 Å². The van der Waals surface area contributed by atoms with Gasteiger partial charge in [0.15, 0.2) is 0 Å². The summed E-state index contributed by atoms with van der Waals surface area (Å²) in [6.07, 6.45) is 1.38. The van der Waals surface area contributed by atoms with Crippen molar-refractivity contribution in [3.05, 3.63) is 0 Å². The van der Waals surface area contributed by atoms with Gasteiger partial charge in [0.25, 0.3) is 0 Å². The molecule has 0 bridgehead atoms. The van der Waals surface area contributed by atoms with Crippen LogP contribution < -0.4 is 5.32 Å². The normalized spacial score (nSPS) is 26.5. The minimum Gasteiger partial charge on any atom is -0.380 e. The Morgan fingerprint density at radius 1 is 1.46 bits per heavy atom. The van der Waals surface area contributed by atoms with Gasteiger partial charge in [-0.1, -0.05) is 0 Å². The van der Waals surface area contributed by atoms with Gasteiger partial charge in [0.2, 0.25) is 0 Å². The van der Waals surface area contributed by atoms with Crippen molar-refractivity contribution in [1.82, 2.24) is 10.2 Å². The molecule has 0 amide bonds. The van der Waals surface area contributed by atoms with E-state index in [2.05, 4.69) is 17.1 Å². The van der Waals surface area contributed by atoms with Crippen LogP contribution in [0.25, 0.3) is 0 Å². The zero-order chi connectivity index (χ0) is 9.15. The fourth-order valence-electron chi connectivity index (χ4n) is 2.32. The van der Waals surface area contributed by atoms with Crippen molar-refractivity contribution in [2.45, 2.75) is 13.3 Å². The molecule has 0 unspecified atom stereocenters. The molecule has 1 spiro atoms. The fourth-order valence-corrected chi connectivity index (χ4v) is 2.32. The van der Waals surface area contributed by atoms with E-state index in [1.54, 1.807) is 0 Å². The number of ether oxygens (including phenoxy) is 1. The summed E-state index contributed by atoms with van der Waals surface area (Å²) >= 11 is 0. The minimum absolute atomic E-state index is 0.645. The third-order valence-electron chi connectivity index (χ3n) is 3.27. The van der Waals surface area contributed by atoms with Crippen molar-refractivity contribution < 1.29 is 4.74 Å². The minimum atomic E-state index is 0.645. The summed E-state index contributed by atoms with van der Waals surface area (Å²) in [7, 11) is 0. The maximum absolute atomic E-state index is 5.36.